The normalized spacial score (nSPS) is 17.1. The molecule has 1 aliphatic rings. The molecule has 0 spiro atoms. The molecule has 1 saturated heterocycles. The summed E-state index contributed by atoms with van der Waals surface area (Å²) in [6.07, 6.45) is 0.713. The van der Waals surface area contributed by atoms with Crippen molar-refractivity contribution in [2.24, 2.45) is 0 Å². The number of ether oxygens (including phenoxy) is 2. The number of carbonyl (C=O) groups is 1. The second-order valence-electron chi connectivity index (χ2n) is 5.50. The second kappa shape index (κ2) is 7.29. The minimum absolute atomic E-state index is 0.0354. The monoisotopic (exact) mass is 333 g/mol. The smallest absolute Gasteiger partial charge is 0.387 e. The third-order valence-electron chi connectivity index (χ3n) is 3.80. The van der Waals surface area contributed by atoms with Gasteiger partial charge >= 0.3 is 6.61 Å². The van der Waals surface area contributed by atoms with Gasteiger partial charge in [0.25, 0.3) is 5.91 Å². The van der Waals surface area contributed by atoms with E-state index in [1.165, 1.54) is 24.3 Å². The molecule has 2 aromatic rings. The van der Waals surface area contributed by atoms with E-state index < -0.39 is 6.61 Å². The Balaban J connectivity index is 1.58. The van der Waals surface area contributed by atoms with Crippen molar-refractivity contribution in [3.05, 3.63) is 60.2 Å². The number of carbonyl (C=O) groups excluding carboxylic acids is 1. The molecule has 0 aliphatic carbocycles. The molecule has 0 bridgehead atoms. The highest BCUT2D eigenvalue weighted by atomic mass is 19.3. The first-order valence-electron chi connectivity index (χ1n) is 7.67. The Morgan fingerprint density at radius 2 is 1.75 bits per heavy atom. The molecule has 1 atom stereocenters. The molecule has 6 heteroatoms. The van der Waals surface area contributed by atoms with Crippen molar-refractivity contribution in [2.45, 2.75) is 19.1 Å². The van der Waals surface area contributed by atoms with Gasteiger partial charge in [-0.1, -0.05) is 18.2 Å². The molecule has 2 aromatic carbocycles. The molecule has 1 fully saturated rings. The lowest BCUT2D eigenvalue weighted by atomic mass is 10.2. The first-order chi connectivity index (χ1) is 11.6. The zero-order chi connectivity index (χ0) is 16.9. The largest absolute Gasteiger partial charge is 0.489 e. The van der Waals surface area contributed by atoms with E-state index in [4.69, 9.17) is 4.74 Å². The van der Waals surface area contributed by atoms with E-state index in [1.54, 1.807) is 4.90 Å². The fourth-order valence-electron chi connectivity index (χ4n) is 2.66. The lowest BCUT2D eigenvalue weighted by Gasteiger charge is -2.17. The SMILES string of the molecule is O=C(c1ccc(OC(F)F)cc1)N1CCC(Oc2ccccc2)C1. The van der Waals surface area contributed by atoms with Crippen LogP contribution in [0, 0.1) is 0 Å². The van der Waals surface area contributed by atoms with Gasteiger partial charge in [-0.3, -0.25) is 4.79 Å². The number of hydrogen-bond donors (Lipinski definition) is 0. The molecule has 1 heterocycles. The third kappa shape index (κ3) is 4.01. The molecule has 0 aromatic heterocycles. The van der Waals surface area contributed by atoms with Crippen molar-refractivity contribution < 1.29 is 23.0 Å². The molecule has 1 aliphatic heterocycles. The highest BCUT2D eigenvalue weighted by Gasteiger charge is 2.28. The van der Waals surface area contributed by atoms with Gasteiger partial charge in [0.15, 0.2) is 0 Å². The van der Waals surface area contributed by atoms with Crippen LogP contribution in [0.15, 0.2) is 54.6 Å². The summed E-state index contributed by atoms with van der Waals surface area (Å²) >= 11 is 0. The van der Waals surface area contributed by atoms with Crippen molar-refractivity contribution in [2.75, 3.05) is 13.1 Å². The Bertz CT molecular complexity index is 676. The molecular formula is C18H17F2NO3. The minimum Gasteiger partial charge on any atom is -0.489 e. The predicted octanol–water partition coefficient (Wildman–Crippen LogP) is 3.58. The van der Waals surface area contributed by atoms with Crippen LogP contribution in [-0.4, -0.2) is 36.6 Å². The number of alkyl halides is 2. The average Bonchev–Trinajstić information content (AvgIpc) is 3.04. The lowest BCUT2D eigenvalue weighted by molar-refractivity contribution is -0.0498. The van der Waals surface area contributed by atoms with Crippen LogP contribution >= 0.6 is 0 Å². The van der Waals surface area contributed by atoms with Crippen LogP contribution in [0.25, 0.3) is 0 Å². The van der Waals surface area contributed by atoms with Gasteiger partial charge in [0, 0.05) is 18.5 Å². The molecule has 1 amide bonds. The van der Waals surface area contributed by atoms with Gasteiger partial charge in [-0.15, -0.1) is 0 Å². The van der Waals surface area contributed by atoms with E-state index >= 15 is 0 Å². The van der Waals surface area contributed by atoms with Crippen LogP contribution in [0.4, 0.5) is 8.78 Å². The third-order valence-corrected chi connectivity index (χ3v) is 3.80. The fourth-order valence-corrected chi connectivity index (χ4v) is 2.66. The Morgan fingerprint density at radius 1 is 1.04 bits per heavy atom. The van der Waals surface area contributed by atoms with E-state index in [0.29, 0.717) is 18.7 Å². The van der Waals surface area contributed by atoms with Gasteiger partial charge < -0.3 is 14.4 Å². The number of halogens is 2. The Kier molecular flexibility index (Phi) is 4.93. The van der Waals surface area contributed by atoms with Crippen molar-refractivity contribution in [1.82, 2.24) is 4.90 Å². The number of para-hydroxylation sites is 1. The van der Waals surface area contributed by atoms with Gasteiger partial charge in [0.1, 0.15) is 17.6 Å². The Labute approximate surface area is 138 Å². The molecule has 4 nitrogen and oxygen atoms in total. The fraction of sp³-hybridized carbons (Fsp3) is 0.278. The van der Waals surface area contributed by atoms with Crippen LogP contribution in [-0.2, 0) is 0 Å². The first kappa shape index (κ1) is 16.2. The van der Waals surface area contributed by atoms with Gasteiger partial charge in [0.05, 0.1) is 6.54 Å². The molecule has 1 unspecified atom stereocenters. The number of hydrogen-bond acceptors (Lipinski definition) is 3. The van der Waals surface area contributed by atoms with E-state index in [1.807, 2.05) is 30.3 Å². The quantitative estimate of drug-likeness (QED) is 0.839. The van der Waals surface area contributed by atoms with E-state index in [-0.39, 0.29) is 17.8 Å². The van der Waals surface area contributed by atoms with Crippen molar-refractivity contribution in [3.63, 3.8) is 0 Å². The molecule has 0 radical (unpaired) electrons. The molecule has 0 N–H and O–H groups in total. The van der Waals surface area contributed by atoms with Gasteiger partial charge in [0.2, 0.25) is 0 Å². The van der Waals surface area contributed by atoms with Crippen LogP contribution in [0.2, 0.25) is 0 Å². The molecule has 24 heavy (non-hydrogen) atoms. The van der Waals surface area contributed by atoms with Crippen LogP contribution in [0.1, 0.15) is 16.8 Å². The van der Waals surface area contributed by atoms with Crippen LogP contribution in [0.3, 0.4) is 0 Å². The summed E-state index contributed by atoms with van der Waals surface area (Å²) in [7, 11) is 0. The maximum Gasteiger partial charge on any atom is 0.387 e. The van der Waals surface area contributed by atoms with E-state index in [0.717, 1.165) is 12.2 Å². The van der Waals surface area contributed by atoms with Gasteiger partial charge in [-0.05, 0) is 36.4 Å². The Hall–Kier alpha value is -2.63. The van der Waals surface area contributed by atoms with E-state index in [9.17, 15) is 13.6 Å². The lowest BCUT2D eigenvalue weighted by Crippen LogP contribution is -2.30. The number of amides is 1. The topological polar surface area (TPSA) is 38.8 Å². The molecule has 0 saturated carbocycles. The van der Waals surface area contributed by atoms with Gasteiger partial charge in [-0.2, -0.15) is 8.78 Å². The summed E-state index contributed by atoms with van der Waals surface area (Å²) in [5.74, 6) is 0.677. The number of rotatable bonds is 5. The number of likely N-dealkylation sites (tertiary alicyclic amines) is 1. The highest BCUT2D eigenvalue weighted by molar-refractivity contribution is 5.94. The second-order valence-corrected chi connectivity index (χ2v) is 5.50. The van der Waals surface area contributed by atoms with Crippen molar-refractivity contribution in [3.8, 4) is 11.5 Å². The molecule has 3 rings (SSSR count). The van der Waals surface area contributed by atoms with E-state index in [2.05, 4.69) is 4.74 Å². The number of nitrogens with zero attached hydrogens (tertiary/aromatic N) is 1. The highest BCUT2D eigenvalue weighted by Crippen LogP contribution is 2.21. The van der Waals surface area contributed by atoms with Gasteiger partial charge in [-0.25, -0.2) is 0 Å². The summed E-state index contributed by atoms with van der Waals surface area (Å²) in [5.41, 5.74) is 0.442. The summed E-state index contributed by atoms with van der Waals surface area (Å²) in [6, 6.07) is 15.2. The maximum absolute atomic E-state index is 12.5. The van der Waals surface area contributed by atoms with Crippen LogP contribution < -0.4 is 9.47 Å². The molecular weight excluding hydrogens is 316 g/mol. The Morgan fingerprint density at radius 3 is 2.42 bits per heavy atom. The minimum atomic E-state index is -2.87. The maximum atomic E-state index is 12.5. The summed E-state index contributed by atoms with van der Waals surface area (Å²) < 4.78 is 34.4. The zero-order valence-electron chi connectivity index (χ0n) is 12.9. The summed E-state index contributed by atoms with van der Waals surface area (Å²) in [4.78, 5) is 14.2. The van der Waals surface area contributed by atoms with Crippen LogP contribution in [0.5, 0.6) is 11.5 Å². The van der Waals surface area contributed by atoms with Crippen molar-refractivity contribution in [1.29, 1.82) is 0 Å². The summed E-state index contributed by atoms with van der Waals surface area (Å²) in [6.45, 7) is -1.77. The summed E-state index contributed by atoms with van der Waals surface area (Å²) in [5, 5.41) is 0. The predicted molar refractivity (Wildman–Crippen MR) is 84.5 cm³/mol. The number of benzene rings is 2. The zero-order valence-corrected chi connectivity index (χ0v) is 12.9. The standard InChI is InChI=1S/C18H17F2NO3/c19-18(20)24-15-8-6-13(7-9-15)17(22)21-11-10-16(12-21)23-14-4-2-1-3-5-14/h1-9,16,18H,10-12H2. The first-order valence-corrected chi connectivity index (χ1v) is 7.67. The average molecular weight is 333 g/mol. The molecule has 126 valence electrons. The van der Waals surface area contributed by atoms with Crippen molar-refractivity contribution >= 4 is 5.91 Å².